The molecule has 0 atom stereocenters. The Hall–Kier alpha value is -3.17. The summed E-state index contributed by atoms with van der Waals surface area (Å²) in [6.07, 6.45) is 5.37. The van der Waals surface area contributed by atoms with E-state index in [4.69, 9.17) is 4.98 Å². The standard InChI is InChI=1S/C26H27N3/c1-29(2)18-8-17-27-26-19-22(28-25-14-6-5-13-24(25)26)16-15-21-11-7-10-20-9-3-4-12-23(20)21/h3-7,9-16,19H,8,17-18H2,1-2H3,(H,27,28)/b16-15-. The molecule has 1 heterocycles. The average molecular weight is 382 g/mol. The molecule has 1 aromatic heterocycles. The molecule has 0 saturated heterocycles. The van der Waals surface area contributed by atoms with E-state index in [9.17, 15) is 0 Å². The minimum Gasteiger partial charge on any atom is -0.384 e. The molecule has 3 heteroatoms. The first-order valence-electron chi connectivity index (χ1n) is 10.1. The fraction of sp³-hybridized carbons (Fsp3) is 0.192. The molecule has 146 valence electrons. The van der Waals surface area contributed by atoms with E-state index in [0.29, 0.717) is 0 Å². The van der Waals surface area contributed by atoms with Crippen molar-refractivity contribution in [1.82, 2.24) is 9.88 Å². The maximum Gasteiger partial charge on any atom is 0.0730 e. The van der Waals surface area contributed by atoms with Gasteiger partial charge in [-0.05, 0) is 61.6 Å². The zero-order valence-electron chi connectivity index (χ0n) is 17.1. The normalized spacial score (nSPS) is 11.7. The van der Waals surface area contributed by atoms with Gasteiger partial charge in [0.2, 0.25) is 0 Å². The van der Waals surface area contributed by atoms with Gasteiger partial charge in [-0.15, -0.1) is 0 Å². The number of nitrogens with zero attached hydrogens (tertiary/aromatic N) is 2. The molecule has 0 spiro atoms. The van der Waals surface area contributed by atoms with Gasteiger partial charge in [0.05, 0.1) is 11.2 Å². The molecule has 3 nitrogen and oxygen atoms in total. The highest BCUT2D eigenvalue weighted by atomic mass is 15.1. The van der Waals surface area contributed by atoms with Crippen LogP contribution in [0.25, 0.3) is 33.8 Å². The van der Waals surface area contributed by atoms with E-state index in [1.165, 1.54) is 21.7 Å². The summed E-state index contributed by atoms with van der Waals surface area (Å²) in [4.78, 5) is 7.07. The van der Waals surface area contributed by atoms with Crippen LogP contribution in [0, 0.1) is 0 Å². The molecule has 4 aromatic rings. The molecule has 0 saturated carbocycles. The van der Waals surface area contributed by atoms with Gasteiger partial charge >= 0.3 is 0 Å². The lowest BCUT2D eigenvalue weighted by Crippen LogP contribution is -2.16. The number of hydrogen-bond acceptors (Lipinski definition) is 3. The highest BCUT2D eigenvalue weighted by Crippen LogP contribution is 2.25. The molecule has 0 aliphatic rings. The van der Waals surface area contributed by atoms with Gasteiger partial charge in [0.1, 0.15) is 0 Å². The van der Waals surface area contributed by atoms with Crippen molar-refractivity contribution in [3.8, 4) is 0 Å². The molecule has 0 aliphatic carbocycles. The number of nitrogens with one attached hydrogen (secondary N) is 1. The lowest BCUT2D eigenvalue weighted by atomic mass is 10.0. The lowest BCUT2D eigenvalue weighted by molar-refractivity contribution is 0.405. The van der Waals surface area contributed by atoms with Gasteiger partial charge < -0.3 is 10.2 Å². The number of pyridine rings is 1. The number of rotatable bonds is 7. The van der Waals surface area contributed by atoms with Crippen molar-refractivity contribution in [1.29, 1.82) is 0 Å². The van der Waals surface area contributed by atoms with E-state index in [2.05, 4.69) is 103 Å². The number of benzene rings is 3. The number of para-hydroxylation sites is 1. The highest BCUT2D eigenvalue weighted by molar-refractivity contribution is 5.95. The summed E-state index contributed by atoms with van der Waals surface area (Å²) in [6.45, 7) is 2.02. The van der Waals surface area contributed by atoms with Crippen molar-refractivity contribution in [2.75, 3.05) is 32.5 Å². The fourth-order valence-electron chi connectivity index (χ4n) is 3.62. The molecular weight excluding hydrogens is 354 g/mol. The monoisotopic (exact) mass is 381 g/mol. The molecular formula is C26H27N3. The maximum atomic E-state index is 4.85. The topological polar surface area (TPSA) is 28.2 Å². The zero-order valence-corrected chi connectivity index (χ0v) is 17.1. The summed E-state index contributed by atoms with van der Waals surface area (Å²) in [7, 11) is 4.22. The van der Waals surface area contributed by atoms with Crippen LogP contribution in [0.4, 0.5) is 5.69 Å². The van der Waals surface area contributed by atoms with E-state index < -0.39 is 0 Å². The van der Waals surface area contributed by atoms with Crippen LogP contribution in [0.3, 0.4) is 0 Å². The van der Waals surface area contributed by atoms with Crippen molar-refractivity contribution in [3.63, 3.8) is 0 Å². The van der Waals surface area contributed by atoms with Crippen LogP contribution in [-0.2, 0) is 0 Å². The Balaban J connectivity index is 1.64. The lowest BCUT2D eigenvalue weighted by Gasteiger charge is -2.13. The summed E-state index contributed by atoms with van der Waals surface area (Å²) in [5.74, 6) is 0. The first-order valence-corrected chi connectivity index (χ1v) is 10.1. The van der Waals surface area contributed by atoms with Gasteiger partial charge in [0.25, 0.3) is 0 Å². The van der Waals surface area contributed by atoms with Gasteiger partial charge in [0.15, 0.2) is 0 Å². The van der Waals surface area contributed by atoms with E-state index in [1.807, 2.05) is 6.07 Å². The van der Waals surface area contributed by atoms with Gasteiger partial charge in [-0.1, -0.05) is 66.7 Å². The van der Waals surface area contributed by atoms with Crippen LogP contribution in [0.5, 0.6) is 0 Å². The fourth-order valence-corrected chi connectivity index (χ4v) is 3.62. The summed E-state index contributed by atoms with van der Waals surface area (Å²) in [6, 6.07) is 25.4. The van der Waals surface area contributed by atoms with Crippen LogP contribution in [0.2, 0.25) is 0 Å². The van der Waals surface area contributed by atoms with E-state index in [0.717, 1.165) is 36.4 Å². The van der Waals surface area contributed by atoms with Crippen molar-refractivity contribution in [2.24, 2.45) is 0 Å². The average Bonchev–Trinajstić information content (AvgIpc) is 2.75. The maximum absolute atomic E-state index is 4.85. The smallest absolute Gasteiger partial charge is 0.0730 e. The van der Waals surface area contributed by atoms with Crippen LogP contribution in [0.15, 0.2) is 72.8 Å². The van der Waals surface area contributed by atoms with Gasteiger partial charge in [-0.3, -0.25) is 0 Å². The largest absolute Gasteiger partial charge is 0.384 e. The van der Waals surface area contributed by atoms with Crippen LogP contribution in [0.1, 0.15) is 17.7 Å². The van der Waals surface area contributed by atoms with E-state index in [-0.39, 0.29) is 0 Å². The van der Waals surface area contributed by atoms with Crippen molar-refractivity contribution in [3.05, 3.63) is 84.1 Å². The quantitative estimate of drug-likeness (QED) is 0.403. The van der Waals surface area contributed by atoms with E-state index >= 15 is 0 Å². The Bertz CT molecular complexity index is 1140. The van der Waals surface area contributed by atoms with Gasteiger partial charge in [-0.2, -0.15) is 0 Å². The third-order valence-electron chi connectivity index (χ3n) is 5.09. The SMILES string of the molecule is CN(C)CCCNc1cc(/C=C\c2cccc3ccccc23)nc2ccccc12. The predicted molar refractivity (Wildman–Crippen MR) is 126 cm³/mol. The third-order valence-corrected chi connectivity index (χ3v) is 5.09. The van der Waals surface area contributed by atoms with Gasteiger partial charge in [0, 0.05) is 17.6 Å². The molecule has 3 aromatic carbocycles. The van der Waals surface area contributed by atoms with E-state index in [1.54, 1.807) is 0 Å². The molecule has 29 heavy (non-hydrogen) atoms. The molecule has 0 aliphatic heterocycles. The molecule has 0 fully saturated rings. The van der Waals surface area contributed by atoms with Crippen molar-refractivity contribution >= 4 is 39.5 Å². The Morgan fingerprint density at radius 3 is 2.48 bits per heavy atom. The summed E-state index contributed by atoms with van der Waals surface area (Å²) in [5.41, 5.74) is 4.33. The highest BCUT2D eigenvalue weighted by Gasteiger charge is 2.05. The second kappa shape index (κ2) is 8.89. The molecule has 0 radical (unpaired) electrons. The Kier molecular flexibility index (Phi) is 5.87. The number of anilines is 1. The zero-order chi connectivity index (χ0) is 20.1. The number of fused-ring (bicyclic) bond motifs is 2. The second-order valence-electron chi connectivity index (χ2n) is 7.60. The molecule has 0 bridgehead atoms. The molecule has 1 N–H and O–H groups in total. The molecule has 0 amide bonds. The van der Waals surface area contributed by atoms with Crippen molar-refractivity contribution in [2.45, 2.75) is 6.42 Å². The van der Waals surface area contributed by atoms with Crippen LogP contribution < -0.4 is 5.32 Å². The first-order chi connectivity index (χ1) is 14.2. The van der Waals surface area contributed by atoms with Crippen molar-refractivity contribution < 1.29 is 0 Å². The van der Waals surface area contributed by atoms with Crippen LogP contribution >= 0.6 is 0 Å². The number of aromatic nitrogens is 1. The summed E-state index contributed by atoms with van der Waals surface area (Å²) in [5, 5.41) is 7.29. The minimum atomic E-state index is 0.943. The Labute approximate surface area is 172 Å². The number of hydrogen-bond donors (Lipinski definition) is 1. The Morgan fingerprint density at radius 1 is 0.862 bits per heavy atom. The minimum absolute atomic E-state index is 0.943. The second-order valence-corrected chi connectivity index (χ2v) is 7.60. The Morgan fingerprint density at radius 2 is 1.62 bits per heavy atom. The third kappa shape index (κ3) is 4.64. The predicted octanol–water partition coefficient (Wildman–Crippen LogP) is 5.92. The van der Waals surface area contributed by atoms with Gasteiger partial charge in [-0.25, -0.2) is 4.98 Å². The van der Waals surface area contributed by atoms with Crippen LogP contribution in [-0.4, -0.2) is 37.1 Å². The molecule has 4 rings (SSSR count). The molecule has 0 unspecified atom stereocenters. The summed E-state index contributed by atoms with van der Waals surface area (Å²) < 4.78 is 0. The summed E-state index contributed by atoms with van der Waals surface area (Å²) >= 11 is 0. The first kappa shape index (κ1) is 19.2.